The molecule has 1 N–H and O–H groups in total. The van der Waals surface area contributed by atoms with E-state index in [0.717, 1.165) is 31.5 Å². The number of piperidine rings is 1. The van der Waals surface area contributed by atoms with Crippen molar-refractivity contribution in [2.24, 2.45) is 5.92 Å². The molecule has 1 unspecified atom stereocenters. The first-order valence-corrected chi connectivity index (χ1v) is 6.12. The third-order valence-corrected chi connectivity index (χ3v) is 3.58. The smallest absolute Gasteiger partial charge is 0.115 e. The summed E-state index contributed by atoms with van der Waals surface area (Å²) in [6.07, 6.45) is 2.46. The SMILES string of the molecule is CC(F)(Cc1ccccc1)C1CCNCC1. The topological polar surface area (TPSA) is 12.0 Å². The first-order chi connectivity index (χ1) is 7.68. The molecule has 0 aliphatic carbocycles. The van der Waals surface area contributed by atoms with Crippen molar-refractivity contribution in [3.8, 4) is 0 Å². The Labute approximate surface area is 97.1 Å². The van der Waals surface area contributed by atoms with Crippen molar-refractivity contribution in [3.05, 3.63) is 35.9 Å². The lowest BCUT2D eigenvalue weighted by Gasteiger charge is -2.33. The molecule has 0 saturated carbocycles. The van der Waals surface area contributed by atoms with Gasteiger partial charge in [0.05, 0.1) is 0 Å². The Bertz CT molecular complexity index is 315. The molecule has 1 aliphatic heterocycles. The summed E-state index contributed by atoms with van der Waals surface area (Å²) in [7, 11) is 0. The molecule has 1 aliphatic rings. The van der Waals surface area contributed by atoms with Gasteiger partial charge in [0.25, 0.3) is 0 Å². The molecule has 1 aromatic carbocycles. The van der Waals surface area contributed by atoms with E-state index >= 15 is 0 Å². The Morgan fingerprint density at radius 2 is 1.88 bits per heavy atom. The maximum absolute atomic E-state index is 14.6. The monoisotopic (exact) mass is 221 g/mol. The van der Waals surface area contributed by atoms with E-state index < -0.39 is 5.67 Å². The average molecular weight is 221 g/mol. The van der Waals surface area contributed by atoms with Crippen LogP contribution in [-0.2, 0) is 6.42 Å². The zero-order valence-corrected chi connectivity index (χ0v) is 9.88. The summed E-state index contributed by atoms with van der Waals surface area (Å²) in [5.41, 5.74) is 0.0368. The van der Waals surface area contributed by atoms with Gasteiger partial charge in [0, 0.05) is 6.42 Å². The average Bonchev–Trinajstić information content (AvgIpc) is 2.31. The number of benzene rings is 1. The zero-order valence-electron chi connectivity index (χ0n) is 9.88. The summed E-state index contributed by atoms with van der Waals surface area (Å²) < 4.78 is 14.6. The number of rotatable bonds is 3. The van der Waals surface area contributed by atoms with Crippen molar-refractivity contribution in [2.75, 3.05) is 13.1 Å². The highest BCUT2D eigenvalue weighted by atomic mass is 19.1. The molecule has 0 amide bonds. The fourth-order valence-electron chi connectivity index (χ4n) is 2.56. The Kier molecular flexibility index (Phi) is 3.59. The Balaban J connectivity index is 2.01. The van der Waals surface area contributed by atoms with Crippen LogP contribution in [0, 0.1) is 5.92 Å². The normalized spacial score (nSPS) is 21.6. The molecule has 1 atom stereocenters. The number of halogens is 1. The molecule has 2 rings (SSSR count). The molecule has 1 nitrogen and oxygen atoms in total. The number of hydrogen-bond acceptors (Lipinski definition) is 1. The fraction of sp³-hybridized carbons (Fsp3) is 0.571. The molecule has 0 bridgehead atoms. The van der Waals surface area contributed by atoms with Crippen LogP contribution in [0.1, 0.15) is 25.3 Å². The largest absolute Gasteiger partial charge is 0.317 e. The molecule has 2 heteroatoms. The van der Waals surface area contributed by atoms with Crippen molar-refractivity contribution in [3.63, 3.8) is 0 Å². The minimum Gasteiger partial charge on any atom is -0.317 e. The minimum absolute atomic E-state index is 0.203. The van der Waals surface area contributed by atoms with Crippen LogP contribution in [0.25, 0.3) is 0 Å². The number of alkyl halides is 1. The van der Waals surface area contributed by atoms with E-state index in [0.29, 0.717) is 6.42 Å². The van der Waals surface area contributed by atoms with Crippen LogP contribution in [-0.4, -0.2) is 18.8 Å². The number of nitrogens with one attached hydrogen (secondary N) is 1. The van der Waals surface area contributed by atoms with Gasteiger partial charge in [-0.1, -0.05) is 30.3 Å². The highest BCUT2D eigenvalue weighted by Crippen LogP contribution is 2.32. The van der Waals surface area contributed by atoms with Crippen molar-refractivity contribution in [1.29, 1.82) is 0 Å². The van der Waals surface area contributed by atoms with Crippen LogP contribution in [0.5, 0.6) is 0 Å². The molecule has 1 heterocycles. The third kappa shape index (κ3) is 2.82. The van der Waals surface area contributed by atoms with Crippen molar-refractivity contribution in [2.45, 2.75) is 31.9 Å². The van der Waals surface area contributed by atoms with Crippen molar-refractivity contribution >= 4 is 0 Å². The molecule has 0 spiro atoms. The summed E-state index contributed by atoms with van der Waals surface area (Å²) in [6, 6.07) is 9.96. The summed E-state index contributed by atoms with van der Waals surface area (Å²) in [5, 5.41) is 3.28. The highest BCUT2D eigenvalue weighted by molar-refractivity contribution is 5.17. The van der Waals surface area contributed by atoms with Gasteiger partial charge in [0.2, 0.25) is 0 Å². The molecule has 0 aromatic heterocycles. The fourth-order valence-corrected chi connectivity index (χ4v) is 2.56. The van der Waals surface area contributed by atoms with Gasteiger partial charge >= 0.3 is 0 Å². The van der Waals surface area contributed by atoms with Gasteiger partial charge < -0.3 is 5.32 Å². The maximum Gasteiger partial charge on any atom is 0.115 e. The second-order valence-corrected chi connectivity index (χ2v) is 4.96. The predicted molar refractivity (Wildman–Crippen MR) is 65.3 cm³/mol. The Morgan fingerprint density at radius 3 is 2.50 bits per heavy atom. The van der Waals surface area contributed by atoms with Crippen LogP contribution in [0.2, 0.25) is 0 Å². The van der Waals surface area contributed by atoms with Gasteiger partial charge in [0.1, 0.15) is 5.67 Å². The van der Waals surface area contributed by atoms with E-state index in [1.165, 1.54) is 0 Å². The van der Waals surface area contributed by atoms with Gasteiger partial charge in [-0.2, -0.15) is 0 Å². The predicted octanol–water partition coefficient (Wildman–Crippen LogP) is 2.96. The highest BCUT2D eigenvalue weighted by Gasteiger charge is 2.34. The lowest BCUT2D eigenvalue weighted by molar-refractivity contribution is 0.0796. The van der Waals surface area contributed by atoms with E-state index in [1.807, 2.05) is 30.3 Å². The van der Waals surface area contributed by atoms with Crippen LogP contribution >= 0.6 is 0 Å². The second kappa shape index (κ2) is 4.96. The van der Waals surface area contributed by atoms with E-state index in [1.54, 1.807) is 6.92 Å². The summed E-state index contributed by atoms with van der Waals surface area (Å²) in [6.45, 7) is 3.67. The van der Waals surface area contributed by atoms with Gasteiger partial charge in [0.15, 0.2) is 0 Å². The number of hydrogen-bond donors (Lipinski definition) is 1. The molecular formula is C14H20FN. The zero-order chi connectivity index (χ0) is 11.4. The molecule has 88 valence electrons. The standard InChI is InChI=1S/C14H20FN/c1-14(15,13-7-9-16-10-8-13)11-12-5-3-2-4-6-12/h2-6,13,16H,7-11H2,1H3. The van der Waals surface area contributed by atoms with Gasteiger partial charge in [-0.15, -0.1) is 0 Å². The quantitative estimate of drug-likeness (QED) is 0.827. The molecule has 1 fully saturated rings. The first-order valence-electron chi connectivity index (χ1n) is 6.12. The first kappa shape index (κ1) is 11.6. The second-order valence-electron chi connectivity index (χ2n) is 4.96. The van der Waals surface area contributed by atoms with Crippen molar-refractivity contribution in [1.82, 2.24) is 5.32 Å². The van der Waals surface area contributed by atoms with Gasteiger partial charge in [-0.25, -0.2) is 4.39 Å². The minimum atomic E-state index is -1.07. The lowest BCUT2D eigenvalue weighted by Crippen LogP contribution is -2.40. The van der Waals surface area contributed by atoms with E-state index in [4.69, 9.17) is 0 Å². The molecule has 1 aromatic rings. The molecular weight excluding hydrogens is 201 g/mol. The summed E-state index contributed by atoms with van der Waals surface area (Å²) >= 11 is 0. The van der Waals surface area contributed by atoms with Crippen LogP contribution in [0.15, 0.2) is 30.3 Å². The molecule has 1 saturated heterocycles. The molecule has 0 radical (unpaired) electrons. The summed E-state index contributed by atoms with van der Waals surface area (Å²) in [5.74, 6) is 0.203. The van der Waals surface area contributed by atoms with Gasteiger partial charge in [-0.05, 0) is 44.3 Å². The Hall–Kier alpha value is -0.890. The van der Waals surface area contributed by atoms with E-state index in [2.05, 4.69) is 5.32 Å². The van der Waals surface area contributed by atoms with Crippen LogP contribution in [0.3, 0.4) is 0 Å². The van der Waals surface area contributed by atoms with Crippen molar-refractivity contribution < 1.29 is 4.39 Å². The third-order valence-electron chi connectivity index (χ3n) is 3.58. The summed E-state index contributed by atoms with van der Waals surface area (Å²) in [4.78, 5) is 0. The van der Waals surface area contributed by atoms with E-state index in [-0.39, 0.29) is 5.92 Å². The lowest BCUT2D eigenvalue weighted by atomic mass is 9.80. The van der Waals surface area contributed by atoms with E-state index in [9.17, 15) is 4.39 Å². The van der Waals surface area contributed by atoms with Crippen LogP contribution in [0.4, 0.5) is 4.39 Å². The Morgan fingerprint density at radius 1 is 1.25 bits per heavy atom. The maximum atomic E-state index is 14.6. The van der Waals surface area contributed by atoms with Gasteiger partial charge in [-0.3, -0.25) is 0 Å². The molecule has 16 heavy (non-hydrogen) atoms. The van der Waals surface area contributed by atoms with Crippen LogP contribution < -0.4 is 5.32 Å².